The average molecular weight is 413 g/mol. The van der Waals surface area contributed by atoms with E-state index in [4.69, 9.17) is 0 Å². The van der Waals surface area contributed by atoms with Crippen LogP contribution in [0.25, 0.3) is 49.9 Å². The van der Waals surface area contributed by atoms with Gasteiger partial charge in [0.2, 0.25) is 0 Å². The number of aromatic nitrogens is 2. The maximum absolute atomic E-state index is 4.46. The van der Waals surface area contributed by atoms with Gasteiger partial charge in [-0.05, 0) is 46.6 Å². The van der Waals surface area contributed by atoms with E-state index < -0.39 is 0 Å². The molecule has 5 heterocycles. The van der Waals surface area contributed by atoms with Gasteiger partial charge in [0.15, 0.2) is 0 Å². The van der Waals surface area contributed by atoms with Gasteiger partial charge in [-0.1, -0.05) is 16.6 Å². The lowest BCUT2D eigenvalue weighted by molar-refractivity contribution is 1.20. The summed E-state index contributed by atoms with van der Waals surface area (Å²) in [5.74, 6) is 0. The second-order valence-electron chi connectivity index (χ2n) is 5.63. The van der Waals surface area contributed by atoms with Gasteiger partial charge in [0, 0.05) is 39.7 Å². The summed E-state index contributed by atoms with van der Waals surface area (Å²) in [7, 11) is 0. The third kappa shape index (κ3) is 2.17. The number of hydrogen-bond donors (Lipinski definition) is 0. The van der Waals surface area contributed by atoms with Crippen molar-refractivity contribution in [3.05, 3.63) is 47.2 Å². The Balaban J connectivity index is 1.58. The van der Waals surface area contributed by atoms with Crippen LogP contribution < -0.4 is 0 Å². The molecule has 0 aliphatic rings. The van der Waals surface area contributed by atoms with Crippen LogP contribution in [-0.4, -0.2) is 9.59 Å². The van der Waals surface area contributed by atoms with Crippen molar-refractivity contribution in [3.8, 4) is 20.9 Å². The lowest BCUT2D eigenvalue weighted by atomic mass is 10.1. The highest BCUT2D eigenvalue weighted by atomic mass is 32.1. The van der Waals surface area contributed by atoms with Crippen molar-refractivity contribution in [1.29, 1.82) is 0 Å². The Kier molecular flexibility index (Phi) is 3.15. The van der Waals surface area contributed by atoms with E-state index in [1.54, 1.807) is 22.7 Å². The summed E-state index contributed by atoms with van der Waals surface area (Å²) in [5.41, 5.74) is 3.47. The summed E-state index contributed by atoms with van der Waals surface area (Å²) in [5, 5.41) is 8.77. The minimum Gasteiger partial charge on any atom is -0.143 e. The fourth-order valence-electron chi connectivity index (χ4n) is 3.05. The van der Waals surface area contributed by atoms with Gasteiger partial charge < -0.3 is 0 Å². The van der Waals surface area contributed by atoms with Crippen LogP contribution in [0, 0.1) is 0 Å². The predicted molar refractivity (Wildman–Crippen MR) is 115 cm³/mol. The zero-order valence-corrected chi connectivity index (χ0v) is 16.6. The molecule has 7 heteroatoms. The molecular weight excluding hydrogens is 405 g/mol. The van der Waals surface area contributed by atoms with E-state index >= 15 is 0 Å². The van der Waals surface area contributed by atoms with Gasteiger partial charge in [-0.3, -0.25) is 0 Å². The van der Waals surface area contributed by atoms with E-state index in [1.807, 2.05) is 22.7 Å². The number of fused-ring (bicyclic) bond motifs is 3. The van der Waals surface area contributed by atoms with Crippen LogP contribution in [0.2, 0.25) is 0 Å². The largest absolute Gasteiger partial charge is 0.143 e. The fourth-order valence-corrected chi connectivity index (χ4v) is 8.11. The minimum atomic E-state index is 1.02. The molecule has 0 amide bonds. The third-order valence-electron chi connectivity index (χ3n) is 4.21. The molecule has 0 saturated carbocycles. The van der Waals surface area contributed by atoms with Gasteiger partial charge in [0.25, 0.3) is 0 Å². The zero-order valence-electron chi connectivity index (χ0n) is 12.6. The molecule has 5 aromatic heterocycles. The van der Waals surface area contributed by atoms with Crippen LogP contribution in [0.5, 0.6) is 0 Å². The number of hydrogen-bond acceptors (Lipinski definition) is 7. The Morgan fingerprint density at radius 2 is 1.32 bits per heavy atom. The summed E-state index contributed by atoms with van der Waals surface area (Å²) in [6.07, 6.45) is 0. The van der Waals surface area contributed by atoms with Gasteiger partial charge in [-0.15, -0.1) is 50.4 Å². The molecule has 0 aliphatic heterocycles. The summed E-state index contributed by atoms with van der Waals surface area (Å²) >= 11 is 8.77. The molecule has 6 aromatic rings. The summed E-state index contributed by atoms with van der Waals surface area (Å²) in [4.78, 5) is 2.58. The van der Waals surface area contributed by atoms with Crippen molar-refractivity contribution in [2.24, 2.45) is 0 Å². The van der Waals surface area contributed by atoms with Crippen molar-refractivity contribution in [3.63, 3.8) is 0 Å². The van der Waals surface area contributed by atoms with Crippen LogP contribution in [0.4, 0.5) is 0 Å². The quantitative estimate of drug-likeness (QED) is 0.293. The fraction of sp³-hybridized carbons (Fsp3) is 0. The molecule has 1 aromatic carbocycles. The van der Waals surface area contributed by atoms with E-state index in [0.717, 1.165) is 5.52 Å². The molecule has 0 unspecified atom stereocenters. The Labute approximate surface area is 162 Å². The second kappa shape index (κ2) is 5.43. The standard InChI is InChI=1S/C18H8N2S5/c1-2-10(14-8-16-12(24-14)4-6-22-16)18-17(19-20-25-18)9(1)13-7-15-11(23-13)3-5-21-15/h1-8H. The van der Waals surface area contributed by atoms with Crippen molar-refractivity contribution in [2.45, 2.75) is 0 Å². The van der Waals surface area contributed by atoms with Crippen LogP contribution >= 0.6 is 56.9 Å². The molecule has 0 aliphatic carbocycles. The highest BCUT2D eigenvalue weighted by Gasteiger charge is 2.16. The van der Waals surface area contributed by atoms with E-state index in [-0.39, 0.29) is 0 Å². The van der Waals surface area contributed by atoms with Gasteiger partial charge in [0.1, 0.15) is 5.52 Å². The second-order valence-corrected chi connectivity index (χ2v) is 10.4. The van der Waals surface area contributed by atoms with E-state index in [1.165, 1.54) is 55.9 Å². The van der Waals surface area contributed by atoms with Gasteiger partial charge >= 0.3 is 0 Å². The van der Waals surface area contributed by atoms with E-state index in [9.17, 15) is 0 Å². The van der Waals surface area contributed by atoms with Gasteiger partial charge in [0.05, 0.1) is 4.70 Å². The topological polar surface area (TPSA) is 25.8 Å². The minimum absolute atomic E-state index is 1.02. The van der Waals surface area contributed by atoms with Crippen LogP contribution in [-0.2, 0) is 0 Å². The Hall–Kier alpha value is -1.64. The molecule has 0 spiro atoms. The smallest absolute Gasteiger partial charge is 0.115 e. The Morgan fingerprint density at radius 1 is 0.680 bits per heavy atom. The summed E-state index contributed by atoms with van der Waals surface area (Å²) < 4.78 is 10.8. The van der Waals surface area contributed by atoms with Crippen LogP contribution in [0.15, 0.2) is 47.2 Å². The van der Waals surface area contributed by atoms with Crippen molar-refractivity contribution in [1.82, 2.24) is 9.59 Å². The molecule has 0 radical (unpaired) electrons. The molecular formula is C18H8N2S5. The van der Waals surface area contributed by atoms with Gasteiger partial charge in [-0.2, -0.15) is 0 Å². The number of rotatable bonds is 2. The summed E-state index contributed by atoms with van der Waals surface area (Å²) in [6.45, 7) is 0. The molecule has 120 valence electrons. The molecule has 6 rings (SSSR count). The van der Waals surface area contributed by atoms with Crippen molar-refractivity contribution in [2.75, 3.05) is 0 Å². The number of benzene rings is 1. The van der Waals surface area contributed by atoms with Crippen LogP contribution in [0.3, 0.4) is 0 Å². The SMILES string of the molecule is c1cc2sc(-c3ccc(-c4cc5sccc5s4)c4snnc34)cc2s1. The van der Waals surface area contributed by atoms with Crippen LogP contribution in [0.1, 0.15) is 0 Å². The first-order valence-corrected chi connectivity index (χ1v) is 11.7. The summed E-state index contributed by atoms with van der Waals surface area (Å²) in [6, 6.07) is 13.4. The Morgan fingerprint density at radius 3 is 2.00 bits per heavy atom. The lowest BCUT2D eigenvalue weighted by Gasteiger charge is -2.03. The number of nitrogens with zero attached hydrogens (tertiary/aromatic N) is 2. The van der Waals surface area contributed by atoms with Gasteiger partial charge in [-0.25, -0.2) is 0 Å². The third-order valence-corrected chi connectivity index (χ3v) is 9.23. The molecule has 25 heavy (non-hydrogen) atoms. The molecule has 0 atom stereocenters. The van der Waals surface area contributed by atoms with Crippen molar-refractivity contribution < 1.29 is 0 Å². The maximum Gasteiger partial charge on any atom is 0.115 e. The molecule has 0 saturated heterocycles. The van der Waals surface area contributed by atoms with E-state index in [0.29, 0.717) is 0 Å². The normalized spacial score (nSPS) is 12.0. The zero-order chi connectivity index (χ0) is 16.4. The molecule has 0 N–H and O–H groups in total. The predicted octanol–water partition coefficient (Wildman–Crippen LogP) is 7.58. The average Bonchev–Trinajstić information content (AvgIpc) is 3.35. The number of thiophene rings is 4. The van der Waals surface area contributed by atoms with Crippen molar-refractivity contribution >= 4 is 85.9 Å². The maximum atomic E-state index is 4.46. The molecule has 0 fully saturated rings. The molecule has 0 bridgehead atoms. The monoisotopic (exact) mass is 412 g/mol. The highest BCUT2D eigenvalue weighted by molar-refractivity contribution is 7.29. The Bertz CT molecular complexity index is 1200. The first kappa shape index (κ1) is 14.5. The first-order valence-electron chi connectivity index (χ1n) is 7.57. The first-order chi connectivity index (χ1) is 12.4. The van der Waals surface area contributed by atoms with E-state index in [2.05, 4.69) is 56.7 Å². The highest BCUT2D eigenvalue weighted by Crippen LogP contribution is 2.44. The molecule has 2 nitrogen and oxygen atoms in total. The lowest BCUT2D eigenvalue weighted by Crippen LogP contribution is -1.80.